The Morgan fingerprint density at radius 1 is 1.36 bits per heavy atom. The molecule has 3 atom stereocenters. The summed E-state index contributed by atoms with van der Waals surface area (Å²) >= 11 is 0. The predicted molar refractivity (Wildman–Crippen MR) is 53.9 cm³/mol. The number of rotatable bonds is 1. The molecule has 1 unspecified atom stereocenters. The third kappa shape index (κ3) is 1.92. The Balaban J connectivity index is 2.01. The molecule has 2 aliphatic rings. The van der Waals surface area contributed by atoms with Crippen LogP contribution >= 0.6 is 0 Å². The number of amides is 1. The zero-order valence-electron chi connectivity index (χ0n) is 8.79. The van der Waals surface area contributed by atoms with Crippen LogP contribution in [0.4, 0.5) is 0 Å². The summed E-state index contributed by atoms with van der Waals surface area (Å²) in [6, 6.07) is 0. The van der Waals surface area contributed by atoms with Crippen LogP contribution in [0.2, 0.25) is 0 Å². The maximum Gasteiger partial charge on any atom is 0.223 e. The van der Waals surface area contributed by atoms with Crippen LogP contribution in [0.1, 0.15) is 32.1 Å². The van der Waals surface area contributed by atoms with Gasteiger partial charge in [-0.15, -0.1) is 0 Å². The Morgan fingerprint density at radius 2 is 2.14 bits per heavy atom. The summed E-state index contributed by atoms with van der Waals surface area (Å²) in [5.74, 6) is 1.06. The molecule has 0 aromatic heterocycles. The van der Waals surface area contributed by atoms with Gasteiger partial charge in [0.1, 0.15) is 0 Å². The van der Waals surface area contributed by atoms with Crippen LogP contribution in [0.25, 0.3) is 0 Å². The molecule has 1 aliphatic heterocycles. The smallest absolute Gasteiger partial charge is 0.223 e. The molecule has 0 radical (unpaired) electrons. The van der Waals surface area contributed by atoms with E-state index in [-0.39, 0.29) is 11.8 Å². The molecule has 0 aromatic carbocycles. The Morgan fingerprint density at radius 3 is 2.93 bits per heavy atom. The summed E-state index contributed by atoms with van der Waals surface area (Å²) in [5, 5.41) is 2.97. The van der Waals surface area contributed by atoms with E-state index in [1.165, 1.54) is 12.8 Å². The summed E-state index contributed by atoms with van der Waals surface area (Å²) in [6.07, 6.45) is 6.04. The summed E-state index contributed by atoms with van der Waals surface area (Å²) < 4.78 is 5.43. The van der Waals surface area contributed by atoms with Crippen molar-refractivity contribution >= 4 is 5.91 Å². The molecule has 3 nitrogen and oxygen atoms in total. The van der Waals surface area contributed by atoms with Crippen molar-refractivity contribution in [2.75, 3.05) is 13.7 Å². The first-order valence-electron chi connectivity index (χ1n) is 5.61. The minimum atomic E-state index is 0.270. The summed E-state index contributed by atoms with van der Waals surface area (Å²) in [5.41, 5.74) is 0. The number of carbonyl (C=O) groups is 1. The summed E-state index contributed by atoms with van der Waals surface area (Å²) in [7, 11) is 1.78. The lowest BCUT2D eigenvalue weighted by molar-refractivity contribution is -0.123. The standard InChI is InChI=1S/C11H19NO2/c1-14-9-4-2-3-5-10-8(6-9)7-12-11(10)13/h8-10H,2-7H2,1H3,(H,12,13)/t8-,9-,10?/m0/s1. The third-order valence-electron chi connectivity index (χ3n) is 3.63. The van der Waals surface area contributed by atoms with Crippen LogP contribution in [-0.2, 0) is 9.53 Å². The Bertz CT molecular complexity index is 217. The van der Waals surface area contributed by atoms with Crippen molar-refractivity contribution in [3.05, 3.63) is 0 Å². The number of hydrogen-bond acceptors (Lipinski definition) is 2. The molecular formula is C11H19NO2. The number of carbonyl (C=O) groups excluding carboxylic acids is 1. The third-order valence-corrected chi connectivity index (χ3v) is 3.63. The first kappa shape index (κ1) is 9.97. The van der Waals surface area contributed by atoms with Gasteiger partial charge in [0.15, 0.2) is 0 Å². The van der Waals surface area contributed by atoms with Crippen LogP contribution in [-0.4, -0.2) is 25.7 Å². The van der Waals surface area contributed by atoms with Crippen molar-refractivity contribution in [1.29, 1.82) is 0 Å². The van der Waals surface area contributed by atoms with Crippen LogP contribution < -0.4 is 5.32 Å². The highest BCUT2D eigenvalue weighted by Crippen LogP contribution is 2.31. The van der Waals surface area contributed by atoms with E-state index in [4.69, 9.17) is 4.74 Å². The maximum absolute atomic E-state index is 11.5. The Labute approximate surface area is 85.2 Å². The number of hydrogen-bond donors (Lipinski definition) is 1. The fraction of sp³-hybridized carbons (Fsp3) is 0.909. The van der Waals surface area contributed by atoms with Crippen LogP contribution in [0.3, 0.4) is 0 Å². The van der Waals surface area contributed by atoms with E-state index < -0.39 is 0 Å². The number of nitrogens with one attached hydrogen (secondary N) is 1. The maximum atomic E-state index is 11.5. The lowest BCUT2D eigenvalue weighted by Crippen LogP contribution is -2.25. The van der Waals surface area contributed by atoms with Gasteiger partial charge in [-0.1, -0.05) is 12.8 Å². The number of methoxy groups -OCH3 is 1. The molecule has 0 aromatic rings. The van der Waals surface area contributed by atoms with Gasteiger partial charge in [-0.2, -0.15) is 0 Å². The topological polar surface area (TPSA) is 38.3 Å². The quantitative estimate of drug-likeness (QED) is 0.688. The average Bonchev–Trinajstić information content (AvgIpc) is 2.46. The van der Waals surface area contributed by atoms with Gasteiger partial charge < -0.3 is 10.1 Å². The summed E-state index contributed by atoms with van der Waals surface area (Å²) in [6.45, 7) is 0.864. The molecule has 3 heteroatoms. The minimum absolute atomic E-state index is 0.270. The zero-order chi connectivity index (χ0) is 9.97. The Kier molecular flexibility index (Phi) is 3.06. The van der Waals surface area contributed by atoms with Crippen LogP contribution in [0, 0.1) is 11.8 Å². The van der Waals surface area contributed by atoms with Crippen molar-refractivity contribution in [2.45, 2.75) is 38.2 Å². The van der Waals surface area contributed by atoms with E-state index in [1.54, 1.807) is 7.11 Å². The van der Waals surface area contributed by atoms with Gasteiger partial charge in [0, 0.05) is 19.6 Å². The van der Waals surface area contributed by atoms with Gasteiger partial charge in [-0.25, -0.2) is 0 Å². The molecule has 1 heterocycles. The van der Waals surface area contributed by atoms with Crippen LogP contribution in [0.5, 0.6) is 0 Å². The van der Waals surface area contributed by atoms with Gasteiger partial charge in [-0.05, 0) is 25.2 Å². The minimum Gasteiger partial charge on any atom is -0.381 e. The molecule has 1 N–H and O–H groups in total. The highest BCUT2D eigenvalue weighted by atomic mass is 16.5. The number of ether oxygens (including phenoxy) is 1. The van der Waals surface area contributed by atoms with Gasteiger partial charge in [-0.3, -0.25) is 4.79 Å². The molecule has 2 rings (SSSR count). The van der Waals surface area contributed by atoms with Gasteiger partial charge in [0.25, 0.3) is 0 Å². The van der Waals surface area contributed by atoms with Gasteiger partial charge >= 0.3 is 0 Å². The van der Waals surface area contributed by atoms with E-state index in [1.807, 2.05) is 0 Å². The fourth-order valence-corrected chi connectivity index (χ4v) is 2.74. The van der Waals surface area contributed by atoms with Crippen LogP contribution in [0.15, 0.2) is 0 Å². The molecule has 0 spiro atoms. The van der Waals surface area contributed by atoms with E-state index in [9.17, 15) is 4.79 Å². The SMILES string of the molecule is CO[C@H]1CCCCC2C(=O)NC[C@@H]2C1. The molecule has 14 heavy (non-hydrogen) atoms. The largest absolute Gasteiger partial charge is 0.381 e. The predicted octanol–water partition coefficient (Wildman–Crippen LogP) is 1.33. The van der Waals surface area contributed by atoms with E-state index in [0.29, 0.717) is 12.0 Å². The fourth-order valence-electron chi connectivity index (χ4n) is 2.74. The van der Waals surface area contributed by atoms with Crippen molar-refractivity contribution in [1.82, 2.24) is 5.32 Å². The molecule has 80 valence electrons. The average molecular weight is 197 g/mol. The second-order valence-electron chi connectivity index (χ2n) is 4.49. The van der Waals surface area contributed by atoms with E-state index in [0.717, 1.165) is 25.8 Å². The molecule has 2 fully saturated rings. The Hall–Kier alpha value is -0.570. The highest BCUT2D eigenvalue weighted by molar-refractivity contribution is 5.81. The molecule has 1 saturated carbocycles. The van der Waals surface area contributed by atoms with Crippen molar-refractivity contribution in [3.63, 3.8) is 0 Å². The normalized spacial score (nSPS) is 38.4. The molecule has 1 amide bonds. The van der Waals surface area contributed by atoms with Gasteiger partial charge in [0.05, 0.1) is 6.10 Å². The summed E-state index contributed by atoms with van der Waals surface area (Å²) in [4.78, 5) is 11.5. The lowest BCUT2D eigenvalue weighted by Gasteiger charge is -2.25. The zero-order valence-corrected chi connectivity index (χ0v) is 8.79. The molecule has 0 bridgehead atoms. The molecular weight excluding hydrogens is 178 g/mol. The first-order chi connectivity index (χ1) is 6.81. The monoisotopic (exact) mass is 197 g/mol. The second kappa shape index (κ2) is 4.30. The lowest BCUT2D eigenvalue weighted by atomic mass is 9.83. The number of fused-ring (bicyclic) bond motifs is 1. The second-order valence-corrected chi connectivity index (χ2v) is 4.49. The van der Waals surface area contributed by atoms with Crippen molar-refractivity contribution < 1.29 is 9.53 Å². The van der Waals surface area contributed by atoms with E-state index in [2.05, 4.69) is 5.32 Å². The first-order valence-corrected chi connectivity index (χ1v) is 5.61. The van der Waals surface area contributed by atoms with E-state index >= 15 is 0 Å². The van der Waals surface area contributed by atoms with Crippen molar-refractivity contribution in [2.24, 2.45) is 11.8 Å². The van der Waals surface area contributed by atoms with Gasteiger partial charge in [0.2, 0.25) is 5.91 Å². The highest BCUT2D eigenvalue weighted by Gasteiger charge is 2.36. The van der Waals surface area contributed by atoms with Crippen molar-refractivity contribution in [3.8, 4) is 0 Å². The molecule has 1 aliphatic carbocycles. The molecule has 1 saturated heterocycles.